The first-order valence-electron chi connectivity index (χ1n) is 7.20. The summed E-state index contributed by atoms with van der Waals surface area (Å²) in [5.41, 5.74) is 4.36. The van der Waals surface area contributed by atoms with Gasteiger partial charge in [-0.05, 0) is 42.3 Å². The molecule has 0 saturated carbocycles. The summed E-state index contributed by atoms with van der Waals surface area (Å²) in [6.07, 6.45) is 1.19. The predicted octanol–water partition coefficient (Wildman–Crippen LogP) is 3.11. The lowest BCUT2D eigenvalue weighted by Gasteiger charge is -2.08. The van der Waals surface area contributed by atoms with Gasteiger partial charge in [0.05, 0.1) is 22.7 Å². The van der Waals surface area contributed by atoms with Gasteiger partial charge in [0.25, 0.3) is 0 Å². The first-order valence-corrected chi connectivity index (χ1v) is 9.09. The molecule has 1 N–H and O–H groups in total. The van der Waals surface area contributed by atoms with Gasteiger partial charge in [-0.2, -0.15) is 0 Å². The number of fused-ring (bicyclic) bond motifs is 1. The van der Waals surface area contributed by atoms with E-state index in [1.54, 1.807) is 24.3 Å². The van der Waals surface area contributed by atoms with Crippen LogP contribution in [0.5, 0.6) is 0 Å². The highest BCUT2D eigenvalue weighted by atomic mass is 32.2. The lowest BCUT2D eigenvalue weighted by Crippen LogP contribution is -1.96. The number of rotatable bonds is 3. The van der Waals surface area contributed by atoms with Crippen molar-refractivity contribution < 1.29 is 13.5 Å². The van der Waals surface area contributed by atoms with Crippen molar-refractivity contribution >= 4 is 20.7 Å². The molecule has 4 nitrogen and oxygen atoms in total. The van der Waals surface area contributed by atoms with Crippen LogP contribution in [0.1, 0.15) is 11.1 Å². The Hall–Kier alpha value is -2.24. The zero-order chi connectivity index (χ0) is 16.6. The first-order chi connectivity index (χ1) is 10.9. The van der Waals surface area contributed by atoms with Crippen molar-refractivity contribution in [2.24, 2.45) is 0 Å². The molecule has 0 amide bonds. The summed E-state index contributed by atoms with van der Waals surface area (Å²) in [6, 6.07) is 14.4. The molecule has 3 aromatic rings. The van der Waals surface area contributed by atoms with Crippen LogP contribution >= 0.6 is 0 Å². The van der Waals surface area contributed by atoms with Crippen molar-refractivity contribution in [3.05, 3.63) is 59.7 Å². The molecule has 0 saturated heterocycles. The second-order valence-corrected chi connectivity index (χ2v) is 7.65. The lowest BCUT2D eigenvalue weighted by molar-refractivity contribution is 0.282. The van der Waals surface area contributed by atoms with Crippen molar-refractivity contribution in [1.82, 2.24) is 4.98 Å². The molecule has 0 spiro atoms. The topological polar surface area (TPSA) is 67.3 Å². The Morgan fingerprint density at radius 1 is 1.04 bits per heavy atom. The SMILES string of the molecule is Cc1cc(-c2ccc(S(C)(=O)=O)cc2)nc2cc(CO)ccc12. The van der Waals surface area contributed by atoms with Crippen LogP contribution in [0.4, 0.5) is 0 Å². The lowest BCUT2D eigenvalue weighted by atomic mass is 10.0. The van der Waals surface area contributed by atoms with Crippen LogP contribution in [0.2, 0.25) is 0 Å². The highest BCUT2D eigenvalue weighted by Crippen LogP contribution is 2.26. The van der Waals surface area contributed by atoms with Crippen LogP contribution < -0.4 is 0 Å². The largest absolute Gasteiger partial charge is 0.392 e. The predicted molar refractivity (Wildman–Crippen MR) is 90.9 cm³/mol. The highest BCUT2D eigenvalue weighted by Gasteiger charge is 2.09. The monoisotopic (exact) mass is 327 g/mol. The summed E-state index contributed by atoms with van der Waals surface area (Å²) in [7, 11) is -3.20. The average Bonchev–Trinajstić information content (AvgIpc) is 2.53. The van der Waals surface area contributed by atoms with Crippen LogP contribution in [-0.4, -0.2) is 24.8 Å². The molecule has 0 bridgehead atoms. The fourth-order valence-electron chi connectivity index (χ4n) is 2.57. The number of sulfone groups is 1. The Balaban J connectivity index is 2.12. The van der Waals surface area contributed by atoms with E-state index in [9.17, 15) is 13.5 Å². The van der Waals surface area contributed by atoms with Crippen molar-refractivity contribution in [2.75, 3.05) is 6.26 Å². The van der Waals surface area contributed by atoms with Crippen LogP contribution in [-0.2, 0) is 16.4 Å². The van der Waals surface area contributed by atoms with Crippen LogP contribution in [0.3, 0.4) is 0 Å². The van der Waals surface area contributed by atoms with Gasteiger partial charge in [0.1, 0.15) is 0 Å². The molecule has 118 valence electrons. The molecule has 5 heteroatoms. The molecule has 3 rings (SSSR count). The van der Waals surface area contributed by atoms with E-state index in [2.05, 4.69) is 4.98 Å². The summed E-state index contributed by atoms with van der Waals surface area (Å²) in [5, 5.41) is 10.3. The van der Waals surface area contributed by atoms with Crippen molar-refractivity contribution in [3.8, 4) is 11.3 Å². The summed E-state index contributed by atoms with van der Waals surface area (Å²) >= 11 is 0. The number of hydrogen-bond acceptors (Lipinski definition) is 4. The number of aliphatic hydroxyl groups excluding tert-OH is 1. The molecule has 1 aromatic heterocycles. The minimum absolute atomic E-state index is 0.0239. The van der Waals surface area contributed by atoms with E-state index in [0.29, 0.717) is 4.90 Å². The van der Waals surface area contributed by atoms with E-state index in [0.717, 1.165) is 33.3 Å². The minimum Gasteiger partial charge on any atom is -0.392 e. The average molecular weight is 327 g/mol. The van der Waals surface area contributed by atoms with Crippen LogP contribution in [0.25, 0.3) is 22.2 Å². The molecule has 0 aliphatic heterocycles. The Bertz CT molecular complexity index is 977. The second-order valence-electron chi connectivity index (χ2n) is 5.63. The zero-order valence-electron chi connectivity index (χ0n) is 12.9. The smallest absolute Gasteiger partial charge is 0.175 e. The van der Waals surface area contributed by atoms with E-state index >= 15 is 0 Å². The third kappa shape index (κ3) is 3.11. The number of benzene rings is 2. The van der Waals surface area contributed by atoms with Gasteiger partial charge in [0.15, 0.2) is 9.84 Å². The van der Waals surface area contributed by atoms with E-state index in [1.807, 2.05) is 31.2 Å². The third-order valence-corrected chi connectivity index (χ3v) is 4.97. The fraction of sp³-hybridized carbons (Fsp3) is 0.167. The highest BCUT2D eigenvalue weighted by molar-refractivity contribution is 7.90. The van der Waals surface area contributed by atoms with Crippen molar-refractivity contribution in [2.45, 2.75) is 18.4 Å². The molecule has 0 aliphatic carbocycles. The van der Waals surface area contributed by atoms with Gasteiger partial charge in [-0.1, -0.05) is 24.3 Å². The fourth-order valence-corrected chi connectivity index (χ4v) is 3.20. The van der Waals surface area contributed by atoms with Gasteiger partial charge in [0.2, 0.25) is 0 Å². The number of aryl methyl sites for hydroxylation is 1. The van der Waals surface area contributed by atoms with Crippen molar-refractivity contribution in [3.63, 3.8) is 0 Å². The molecule has 1 heterocycles. The number of aromatic nitrogens is 1. The molecule has 0 atom stereocenters. The summed E-state index contributed by atoms with van der Waals surface area (Å²) in [5.74, 6) is 0. The molecule has 2 aromatic carbocycles. The number of nitrogens with zero attached hydrogens (tertiary/aromatic N) is 1. The quantitative estimate of drug-likeness (QED) is 0.802. The van der Waals surface area contributed by atoms with Gasteiger partial charge in [-0.25, -0.2) is 13.4 Å². The first kappa shape index (κ1) is 15.6. The number of hydrogen-bond donors (Lipinski definition) is 1. The molecular formula is C18H17NO3S. The summed E-state index contributed by atoms with van der Waals surface area (Å²) in [6.45, 7) is 1.99. The van der Waals surface area contributed by atoms with Crippen LogP contribution in [0, 0.1) is 6.92 Å². The second kappa shape index (κ2) is 5.76. The van der Waals surface area contributed by atoms with Gasteiger partial charge in [-0.3, -0.25) is 0 Å². The molecule has 23 heavy (non-hydrogen) atoms. The Kier molecular flexibility index (Phi) is 3.92. The minimum atomic E-state index is -3.20. The Labute approximate surface area is 135 Å². The summed E-state index contributed by atoms with van der Waals surface area (Å²) in [4.78, 5) is 4.94. The van der Waals surface area contributed by atoms with E-state index in [-0.39, 0.29) is 6.61 Å². The maximum absolute atomic E-state index is 11.5. The normalized spacial score (nSPS) is 11.8. The summed E-state index contributed by atoms with van der Waals surface area (Å²) < 4.78 is 23.1. The van der Waals surface area contributed by atoms with E-state index < -0.39 is 9.84 Å². The van der Waals surface area contributed by atoms with E-state index in [1.165, 1.54) is 6.26 Å². The van der Waals surface area contributed by atoms with Crippen LogP contribution in [0.15, 0.2) is 53.4 Å². The molecule has 0 fully saturated rings. The molecule has 0 aliphatic rings. The third-order valence-electron chi connectivity index (χ3n) is 3.84. The molecular weight excluding hydrogens is 310 g/mol. The van der Waals surface area contributed by atoms with Gasteiger partial charge in [0, 0.05) is 17.2 Å². The van der Waals surface area contributed by atoms with Gasteiger partial charge >= 0.3 is 0 Å². The van der Waals surface area contributed by atoms with Crippen molar-refractivity contribution in [1.29, 1.82) is 0 Å². The maximum atomic E-state index is 11.5. The number of pyridine rings is 1. The zero-order valence-corrected chi connectivity index (χ0v) is 13.8. The maximum Gasteiger partial charge on any atom is 0.175 e. The number of aliphatic hydroxyl groups is 1. The molecule has 0 unspecified atom stereocenters. The van der Waals surface area contributed by atoms with Gasteiger partial charge in [-0.15, -0.1) is 0 Å². The Morgan fingerprint density at radius 2 is 1.74 bits per heavy atom. The Morgan fingerprint density at radius 3 is 2.35 bits per heavy atom. The van der Waals surface area contributed by atoms with E-state index in [4.69, 9.17) is 0 Å². The molecule has 0 radical (unpaired) electrons. The van der Waals surface area contributed by atoms with Gasteiger partial charge < -0.3 is 5.11 Å². The standard InChI is InChI=1S/C18H17NO3S/c1-12-9-17(14-4-6-15(7-5-14)23(2,21)22)19-18-10-13(11-20)3-8-16(12)18/h3-10,20H,11H2,1-2H3.